The fourth-order valence-corrected chi connectivity index (χ4v) is 1.50. The van der Waals surface area contributed by atoms with Gasteiger partial charge in [0.15, 0.2) is 11.6 Å². The van der Waals surface area contributed by atoms with Crippen molar-refractivity contribution in [1.82, 2.24) is 5.32 Å². The van der Waals surface area contributed by atoms with Crippen molar-refractivity contribution in [3.05, 3.63) is 35.4 Å². The minimum Gasteiger partial charge on any atom is -0.349 e. The molecule has 1 rings (SSSR count). The number of halogens is 2. The van der Waals surface area contributed by atoms with Gasteiger partial charge in [0, 0.05) is 12.1 Å². The Hall–Kier alpha value is -1.49. The number of rotatable bonds is 5. The molecule has 1 aromatic rings. The van der Waals surface area contributed by atoms with Crippen molar-refractivity contribution >= 4 is 5.91 Å². The molecule has 0 saturated carbocycles. The summed E-state index contributed by atoms with van der Waals surface area (Å²) in [5.74, 6) is -2.12. The van der Waals surface area contributed by atoms with Gasteiger partial charge in [0.1, 0.15) is 0 Å². The Morgan fingerprint density at radius 3 is 2.56 bits per heavy atom. The van der Waals surface area contributed by atoms with E-state index in [2.05, 4.69) is 5.32 Å². The number of nitrogens with two attached hydrogens (primary N) is 1. The molecule has 0 aliphatic carbocycles. The Balaban J connectivity index is 2.67. The minimum absolute atomic E-state index is 0.00674. The van der Waals surface area contributed by atoms with E-state index in [1.807, 2.05) is 13.8 Å². The van der Waals surface area contributed by atoms with E-state index in [1.54, 1.807) is 0 Å². The highest BCUT2D eigenvalue weighted by Crippen LogP contribution is 2.11. The maximum atomic E-state index is 13.0. The van der Waals surface area contributed by atoms with E-state index >= 15 is 0 Å². The van der Waals surface area contributed by atoms with E-state index < -0.39 is 17.2 Å². The van der Waals surface area contributed by atoms with Gasteiger partial charge in [-0.15, -0.1) is 0 Å². The second-order valence-corrected chi connectivity index (χ2v) is 4.59. The zero-order chi connectivity index (χ0) is 13.8. The summed E-state index contributed by atoms with van der Waals surface area (Å²) in [5, 5.41) is 2.80. The molecular formula is C13H18F2N2O. The summed E-state index contributed by atoms with van der Waals surface area (Å²) in [4.78, 5) is 11.8. The third-order valence-corrected chi connectivity index (χ3v) is 3.02. The van der Waals surface area contributed by atoms with Crippen LogP contribution < -0.4 is 11.1 Å². The van der Waals surface area contributed by atoms with Crippen LogP contribution in [0.3, 0.4) is 0 Å². The summed E-state index contributed by atoms with van der Waals surface area (Å²) in [6, 6.07) is 3.43. The van der Waals surface area contributed by atoms with Gasteiger partial charge in [-0.2, -0.15) is 0 Å². The monoisotopic (exact) mass is 256 g/mol. The van der Waals surface area contributed by atoms with Crippen LogP contribution in [0.2, 0.25) is 0 Å². The summed E-state index contributed by atoms with van der Waals surface area (Å²) in [7, 11) is 0. The average molecular weight is 256 g/mol. The summed E-state index contributed by atoms with van der Waals surface area (Å²) in [5.41, 5.74) is 5.55. The molecule has 0 bridgehead atoms. The first-order valence-corrected chi connectivity index (χ1v) is 5.85. The van der Waals surface area contributed by atoms with Gasteiger partial charge in [-0.05, 0) is 31.0 Å². The number of carbonyl (C=O) groups excluding carboxylic acids is 1. The molecule has 0 fully saturated rings. The van der Waals surface area contributed by atoms with Crippen LogP contribution in [0.25, 0.3) is 0 Å². The smallest absolute Gasteiger partial charge is 0.224 e. The summed E-state index contributed by atoms with van der Waals surface area (Å²) in [6.07, 6.45) is 0.708. The second kappa shape index (κ2) is 5.91. The lowest BCUT2D eigenvalue weighted by Crippen LogP contribution is -2.51. The lowest BCUT2D eigenvalue weighted by molar-refractivity contribution is -0.122. The summed E-state index contributed by atoms with van der Waals surface area (Å²) >= 11 is 0. The Kier molecular flexibility index (Phi) is 4.78. The molecule has 1 aromatic carbocycles. The summed E-state index contributed by atoms with van der Waals surface area (Å²) < 4.78 is 25.7. The highest BCUT2D eigenvalue weighted by molar-refractivity contribution is 5.79. The topological polar surface area (TPSA) is 55.1 Å². The van der Waals surface area contributed by atoms with Crippen LogP contribution >= 0.6 is 0 Å². The molecule has 3 N–H and O–H groups in total. The van der Waals surface area contributed by atoms with Crippen LogP contribution in [-0.4, -0.2) is 18.0 Å². The number of hydrogen-bond acceptors (Lipinski definition) is 2. The van der Waals surface area contributed by atoms with Crippen molar-refractivity contribution in [3.63, 3.8) is 0 Å². The Labute approximate surface area is 105 Å². The van der Waals surface area contributed by atoms with Gasteiger partial charge in [-0.3, -0.25) is 4.79 Å². The molecule has 0 aromatic heterocycles. The molecule has 0 aliphatic rings. The Morgan fingerprint density at radius 2 is 2.06 bits per heavy atom. The number of nitrogens with one attached hydrogen (secondary N) is 1. The van der Waals surface area contributed by atoms with Crippen molar-refractivity contribution in [2.24, 2.45) is 5.73 Å². The van der Waals surface area contributed by atoms with Gasteiger partial charge in [-0.1, -0.05) is 13.0 Å². The first kappa shape index (κ1) is 14.6. The van der Waals surface area contributed by atoms with Gasteiger partial charge in [0.2, 0.25) is 5.91 Å². The van der Waals surface area contributed by atoms with Gasteiger partial charge < -0.3 is 11.1 Å². The maximum Gasteiger partial charge on any atom is 0.224 e. The first-order chi connectivity index (χ1) is 8.40. The number of benzene rings is 1. The average Bonchev–Trinajstić information content (AvgIpc) is 2.33. The number of hydrogen-bond donors (Lipinski definition) is 2. The molecular weight excluding hydrogens is 238 g/mol. The minimum atomic E-state index is -0.947. The molecule has 100 valence electrons. The van der Waals surface area contributed by atoms with Crippen LogP contribution in [0.1, 0.15) is 25.8 Å². The fourth-order valence-electron chi connectivity index (χ4n) is 1.50. The van der Waals surface area contributed by atoms with E-state index in [0.717, 1.165) is 12.1 Å². The quantitative estimate of drug-likeness (QED) is 0.843. The molecule has 18 heavy (non-hydrogen) atoms. The second-order valence-electron chi connectivity index (χ2n) is 4.59. The molecule has 0 aliphatic heterocycles. The fraction of sp³-hybridized carbons (Fsp3) is 0.462. The molecule has 0 spiro atoms. The van der Waals surface area contributed by atoms with E-state index in [0.29, 0.717) is 18.5 Å². The van der Waals surface area contributed by atoms with Crippen LogP contribution in [-0.2, 0) is 11.2 Å². The van der Waals surface area contributed by atoms with Gasteiger partial charge in [-0.25, -0.2) is 8.78 Å². The molecule has 0 saturated heterocycles. The van der Waals surface area contributed by atoms with E-state index in [1.165, 1.54) is 6.07 Å². The lowest BCUT2D eigenvalue weighted by Gasteiger charge is -2.27. The largest absolute Gasteiger partial charge is 0.349 e. The van der Waals surface area contributed by atoms with Crippen LogP contribution in [0.5, 0.6) is 0 Å². The lowest BCUT2D eigenvalue weighted by atomic mass is 9.98. The zero-order valence-corrected chi connectivity index (χ0v) is 10.6. The van der Waals surface area contributed by atoms with Crippen molar-refractivity contribution in [3.8, 4) is 0 Å². The van der Waals surface area contributed by atoms with Gasteiger partial charge in [0.25, 0.3) is 0 Å². The molecule has 0 heterocycles. The molecule has 1 atom stereocenters. The Bertz CT molecular complexity index is 431. The third kappa shape index (κ3) is 3.77. The number of amides is 1. The van der Waals surface area contributed by atoms with Crippen LogP contribution in [0.15, 0.2) is 18.2 Å². The zero-order valence-electron chi connectivity index (χ0n) is 10.6. The highest BCUT2D eigenvalue weighted by Gasteiger charge is 2.22. The normalized spacial score (nSPS) is 14.1. The molecule has 3 nitrogen and oxygen atoms in total. The SMILES string of the molecule is CCC(C)(CN)NC(=O)Cc1ccc(F)c(F)c1. The van der Waals surface area contributed by atoms with Crippen molar-refractivity contribution < 1.29 is 13.6 Å². The third-order valence-electron chi connectivity index (χ3n) is 3.02. The van der Waals surface area contributed by atoms with Crippen molar-refractivity contribution in [2.45, 2.75) is 32.2 Å². The van der Waals surface area contributed by atoms with E-state index in [4.69, 9.17) is 5.73 Å². The highest BCUT2D eigenvalue weighted by atomic mass is 19.2. The maximum absolute atomic E-state index is 13.0. The molecule has 1 unspecified atom stereocenters. The Morgan fingerprint density at radius 1 is 1.39 bits per heavy atom. The van der Waals surface area contributed by atoms with Crippen molar-refractivity contribution in [2.75, 3.05) is 6.54 Å². The molecule has 0 radical (unpaired) electrons. The molecule has 5 heteroatoms. The van der Waals surface area contributed by atoms with Crippen molar-refractivity contribution in [1.29, 1.82) is 0 Å². The van der Waals surface area contributed by atoms with Crippen LogP contribution in [0.4, 0.5) is 8.78 Å². The molecule has 1 amide bonds. The number of carbonyl (C=O) groups is 1. The predicted octanol–water partition coefficient (Wildman–Crippen LogP) is 1.75. The first-order valence-electron chi connectivity index (χ1n) is 5.85. The van der Waals surface area contributed by atoms with Crippen LogP contribution in [0, 0.1) is 11.6 Å². The standard InChI is InChI=1S/C13H18F2N2O/c1-3-13(2,8-16)17-12(18)7-9-4-5-10(14)11(15)6-9/h4-6H,3,7-8,16H2,1-2H3,(H,17,18). The van der Waals surface area contributed by atoms with E-state index in [-0.39, 0.29) is 12.3 Å². The predicted molar refractivity (Wildman–Crippen MR) is 66.0 cm³/mol. The van der Waals surface area contributed by atoms with Gasteiger partial charge >= 0.3 is 0 Å². The van der Waals surface area contributed by atoms with E-state index in [9.17, 15) is 13.6 Å². The summed E-state index contributed by atoms with van der Waals surface area (Å²) in [6.45, 7) is 4.09. The van der Waals surface area contributed by atoms with Gasteiger partial charge in [0.05, 0.1) is 6.42 Å².